The molecular weight excluding hydrogens is 338 g/mol. The van der Waals surface area contributed by atoms with Crippen molar-refractivity contribution < 1.29 is 9.90 Å². The molecule has 0 aliphatic carbocycles. The predicted octanol–water partition coefficient (Wildman–Crippen LogP) is 2.30. The normalized spacial score (nSPS) is 13.8. The minimum absolute atomic E-state index is 0.0827. The third-order valence-electron chi connectivity index (χ3n) is 4.92. The van der Waals surface area contributed by atoms with Gasteiger partial charge in [0.25, 0.3) is 5.56 Å². The number of rotatable bonds is 7. The first-order valence-corrected chi connectivity index (χ1v) is 9.49. The molecule has 25 heavy (non-hydrogen) atoms. The molecule has 0 aliphatic heterocycles. The van der Waals surface area contributed by atoms with Gasteiger partial charge in [-0.25, -0.2) is 4.98 Å². The lowest BCUT2D eigenvalue weighted by molar-refractivity contribution is -0.122. The van der Waals surface area contributed by atoms with Crippen molar-refractivity contribution in [2.75, 3.05) is 6.61 Å². The number of nitrogens with one attached hydrogen (secondary N) is 1. The first-order valence-electron chi connectivity index (χ1n) is 8.67. The van der Waals surface area contributed by atoms with Gasteiger partial charge in [-0.1, -0.05) is 20.3 Å². The number of carbonyl (C=O) groups excluding carboxylic acids is 1. The molecule has 0 saturated heterocycles. The highest BCUT2D eigenvalue weighted by Gasteiger charge is 2.18. The lowest BCUT2D eigenvalue weighted by Gasteiger charge is -2.22. The van der Waals surface area contributed by atoms with Crippen molar-refractivity contribution in [3.63, 3.8) is 0 Å². The fourth-order valence-electron chi connectivity index (χ4n) is 2.84. The summed E-state index contributed by atoms with van der Waals surface area (Å²) >= 11 is 1.53. The van der Waals surface area contributed by atoms with Gasteiger partial charge in [-0.3, -0.25) is 14.2 Å². The number of amides is 1. The zero-order valence-corrected chi connectivity index (χ0v) is 16.4. The van der Waals surface area contributed by atoms with Gasteiger partial charge in [0.05, 0.1) is 18.0 Å². The first kappa shape index (κ1) is 19.6. The van der Waals surface area contributed by atoms with Crippen molar-refractivity contribution in [3.05, 3.63) is 26.6 Å². The van der Waals surface area contributed by atoms with Gasteiger partial charge < -0.3 is 10.4 Å². The Morgan fingerprint density at radius 1 is 1.36 bits per heavy atom. The van der Waals surface area contributed by atoms with Gasteiger partial charge >= 0.3 is 0 Å². The molecule has 0 bridgehead atoms. The number of thiophene rings is 1. The Bertz CT molecular complexity index is 825. The summed E-state index contributed by atoms with van der Waals surface area (Å²) < 4.78 is 1.57. The van der Waals surface area contributed by atoms with Gasteiger partial charge in [0.15, 0.2) is 0 Å². The minimum atomic E-state index is -0.252. The number of aliphatic hydroxyl groups is 1. The zero-order chi connectivity index (χ0) is 18.7. The number of fused-ring (bicyclic) bond motifs is 1. The van der Waals surface area contributed by atoms with Crippen LogP contribution in [0.5, 0.6) is 0 Å². The summed E-state index contributed by atoms with van der Waals surface area (Å²) in [6.07, 6.45) is 1.06. The summed E-state index contributed by atoms with van der Waals surface area (Å²) in [6.45, 7) is 9.93. The van der Waals surface area contributed by atoms with Gasteiger partial charge in [0.1, 0.15) is 10.7 Å². The second-order valence-electron chi connectivity index (χ2n) is 6.57. The van der Waals surface area contributed by atoms with E-state index in [0.29, 0.717) is 11.2 Å². The highest BCUT2D eigenvalue weighted by Crippen LogP contribution is 2.26. The van der Waals surface area contributed by atoms with Crippen molar-refractivity contribution in [2.24, 2.45) is 5.92 Å². The summed E-state index contributed by atoms with van der Waals surface area (Å²) in [6, 6.07) is -0.252. The van der Waals surface area contributed by atoms with E-state index < -0.39 is 0 Å². The maximum Gasteiger partial charge on any atom is 0.262 e. The molecule has 0 radical (unpaired) electrons. The van der Waals surface area contributed by atoms with E-state index in [2.05, 4.69) is 10.3 Å². The lowest BCUT2D eigenvalue weighted by Crippen LogP contribution is -2.42. The van der Waals surface area contributed by atoms with Gasteiger partial charge in [0.2, 0.25) is 5.91 Å². The highest BCUT2D eigenvalue weighted by atomic mass is 32.1. The molecule has 0 spiro atoms. The maximum absolute atomic E-state index is 12.8. The molecule has 0 unspecified atom stereocenters. The molecule has 0 aliphatic rings. The predicted molar refractivity (Wildman–Crippen MR) is 101 cm³/mol. The molecule has 6 nitrogen and oxygen atoms in total. The van der Waals surface area contributed by atoms with Crippen LogP contribution in [-0.2, 0) is 11.3 Å². The molecule has 2 rings (SSSR count). The molecule has 1 amide bonds. The van der Waals surface area contributed by atoms with Crippen LogP contribution < -0.4 is 10.9 Å². The molecule has 7 heteroatoms. The SMILES string of the molecule is CC[C@H](C)[C@@H](CO)NC(=O)CCn1c(C)nc2sc(C)c(C)c2c1=O. The standard InChI is InChI=1S/C18H27N3O3S/c1-6-10(2)14(9-22)20-15(23)7-8-21-13(5)19-17-16(18(21)24)11(3)12(4)25-17/h10,14,22H,6-9H2,1-5H3,(H,20,23)/t10-,14+/m0/s1. The third-order valence-corrected chi connectivity index (χ3v) is 6.02. The molecule has 0 aromatic carbocycles. The Balaban J connectivity index is 2.17. The minimum Gasteiger partial charge on any atom is -0.394 e. The summed E-state index contributed by atoms with van der Waals surface area (Å²) in [5, 5.41) is 12.9. The molecule has 2 aromatic heterocycles. The highest BCUT2D eigenvalue weighted by molar-refractivity contribution is 7.18. The fourth-order valence-corrected chi connectivity index (χ4v) is 3.90. The molecule has 2 atom stereocenters. The van der Waals surface area contributed by atoms with Crippen LogP contribution in [-0.4, -0.2) is 33.2 Å². The number of aryl methyl sites for hydroxylation is 3. The number of hydrogen-bond donors (Lipinski definition) is 2. The van der Waals surface area contributed by atoms with Crippen LogP contribution >= 0.6 is 11.3 Å². The van der Waals surface area contributed by atoms with E-state index >= 15 is 0 Å². The van der Waals surface area contributed by atoms with Crippen molar-refractivity contribution in [1.29, 1.82) is 0 Å². The Labute approximate surface area is 151 Å². The zero-order valence-electron chi connectivity index (χ0n) is 15.5. The molecule has 138 valence electrons. The van der Waals surface area contributed by atoms with Crippen LogP contribution in [0.25, 0.3) is 10.2 Å². The van der Waals surface area contributed by atoms with Crippen LogP contribution in [0.4, 0.5) is 0 Å². The van der Waals surface area contributed by atoms with Crippen LogP contribution in [0.1, 0.15) is 43.0 Å². The topological polar surface area (TPSA) is 84.2 Å². The second-order valence-corrected chi connectivity index (χ2v) is 7.77. The Morgan fingerprint density at radius 3 is 2.64 bits per heavy atom. The fraction of sp³-hybridized carbons (Fsp3) is 0.611. The van der Waals surface area contributed by atoms with E-state index in [9.17, 15) is 14.7 Å². The first-order chi connectivity index (χ1) is 11.8. The second kappa shape index (κ2) is 8.10. The molecule has 2 N–H and O–H groups in total. The number of nitrogens with zero attached hydrogens (tertiary/aromatic N) is 2. The van der Waals surface area contributed by atoms with E-state index in [-0.39, 0.29) is 43.0 Å². The van der Waals surface area contributed by atoms with Crippen LogP contribution in [0, 0.1) is 26.7 Å². The average Bonchev–Trinajstić information content (AvgIpc) is 2.85. The van der Waals surface area contributed by atoms with E-state index in [1.165, 1.54) is 11.3 Å². The summed E-state index contributed by atoms with van der Waals surface area (Å²) in [5.41, 5.74) is 0.880. The van der Waals surface area contributed by atoms with Gasteiger partial charge in [-0.05, 0) is 32.3 Å². The van der Waals surface area contributed by atoms with E-state index in [1.54, 1.807) is 11.5 Å². The van der Waals surface area contributed by atoms with Gasteiger partial charge in [-0.15, -0.1) is 11.3 Å². The summed E-state index contributed by atoms with van der Waals surface area (Å²) in [4.78, 5) is 31.4. The van der Waals surface area contributed by atoms with Crippen molar-refractivity contribution in [3.8, 4) is 0 Å². The van der Waals surface area contributed by atoms with Gasteiger partial charge in [0, 0.05) is 17.8 Å². The number of aromatic nitrogens is 2. The Morgan fingerprint density at radius 2 is 2.04 bits per heavy atom. The third kappa shape index (κ3) is 4.10. The lowest BCUT2D eigenvalue weighted by atomic mass is 10.00. The van der Waals surface area contributed by atoms with E-state index in [1.807, 2.05) is 27.7 Å². The molecule has 0 saturated carbocycles. The molecule has 0 fully saturated rings. The van der Waals surface area contributed by atoms with Crippen molar-refractivity contribution in [2.45, 2.75) is 60.0 Å². The smallest absolute Gasteiger partial charge is 0.262 e. The van der Waals surface area contributed by atoms with E-state index in [0.717, 1.165) is 21.7 Å². The number of aliphatic hydroxyl groups excluding tert-OH is 1. The largest absolute Gasteiger partial charge is 0.394 e. The summed E-state index contributed by atoms with van der Waals surface area (Å²) in [7, 11) is 0. The average molecular weight is 365 g/mol. The van der Waals surface area contributed by atoms with Crippen molar-refractivity contribution >= 4 is 27.5 Å². The Hall–Kier alpha value is -1.73. The Kier molecular flexibility index (Phi) is 6.35. The van der Waals surface area contributed by atoms with E-state index in [4.69, 9.17) is 0 Å². The quantitative estimate of drug-likeness (QED) is 0.788. The van der Waals surface area contributed by atoms with Crippen LogP contribution in [0.15, 0.2) is 4.79 Å². The number of carbonyl (C=O) groups is 1. The molecule has 2 aromatic rings. The number of hydrogen-bond acceptors (Lipinski definition) is 5. The monoisotopic (exact) mass is 365 g/mol. The maximum atomic E-state index is 12.8. The summed E-state index contributed by atoms with van der Waals surface area (Å²) in [5.74, 6) is 0.656. The van der Waals surface area contributed by atoms with Crippen LogP contribution in [0.3, 0.4) is 0 Å². The van der Waals surface area contributed by atoms with Gasteiger partial charge in [-0.2, -0.15) is 0 Å². The molecular formula is C18H27N3O3S. The van der Waals surface area contributed by atoms with Crippen molar-refractivity contribution in [1.82, 2.24) is 14.9 Å². The van der Waals surface area contributed by atoms with Crippen LogP contribution in [0.2, 0.25) is 0 Å². The molecule has 2 heterocycles.